The zero-order chi connectivity index (χ0) is 21.0. The summed E-state index contributed by atoms with van der Waals surface area (Å²) in [7, 11) is 1.57. The van der Waals surface area contributed by atoms with Gasteiger partial charge < -0.3 is 19.8 Å². The highest BCUT2D eigenvalue weighted by Crippen LogP contribution is 2.36. The van der Waals surface area contributed by atoms with Gasteiger partial charge in [-0.15, -0.1) is 0 Å². The normalized spacial score (nSPS) is 12.3. The number of ether oxygens (including phenoxy) is 1. The van der Waals surface area contributed by atoms with E-state index in [0.717, 1.165) is 16.4 Å². The third kappa shape index (κ3) is 4.35. The smallest absolute Gasteiger partial charge is 0.241 e. The van der Waals surface area contributed by atoms with Crippen molar-refractivity contribution in [2.24, 2.45) is 0 Å². The molecule has 0 aliphatic heterocycles. The van der Waals surface area contributed by atoms with Crippen molar-refractivity contribution in [3.05, 3.63) is 36.4 Å². The molecule has 3 rings (SSSR count). The summed E-state index contributed by atoms with van der Waals surface area (Å²) in [4.78, 5) is 26.6. The number of hydrogen-bond acceptors (Lipinski definition) is 5. The summed E-state index contributed by atoms with van der Waals surface area (Å²) in [5, 5.41) is 7.60. The second-order valence-electron chi connectivity index (χ2n) is 6.83. The number of fused-ring (bicyclic) bond motifs is 3. The largest absolute Gasteiger partial charge is 0.495 e. The van der Waals surface area contributed by atoms with Crippen LogP contribution < -0.4 is 15.4 Å². The summed E-state index contributed by atoms with van der Waals surface area (Å²) in [5.41, 5.74) is 1.98. The van der Waals surface area contributed by atoms with E-state index in [9.17, 15) is 9.59 Å². The van der Waals surface area contributed by atoms with E-state index in [-0.39, 0.29) is 18.4 Å². The minimum Gasteiger partial charge on any atom is -0.495 e. The van der Waals surface area contributed by atoms with Crippen LogP contribution in [0.5, 0.6) is 5.75 Å². The molecule has 0 spiro atoms. The van der Waals surface area contributed by atoms with Crippen LogP contribution in [0.4, 0.5) is 5.69 Å². The second kappa shape index (κ2) is 8.96. The molecule has 0 fully saturated rings. The van der Waals surface area contributed by atoms with Gasteiger partial charge in [0.15, 0.2) is 0 Å². The molecular formula is C22H27N3O4. The third-order valence-corrected chi connectivity index (χ3v) is 5.01. The zero-order valence-electron chi connectivity index (χ0n) is 17.2. The standard InChI is InChI=1S/C22H27N3O4/c1-5-23-21(26)13-25(6-2)14(3)22(27)24-17-12-19-16(11-20(17)28-4)15-9-7-8-10-18(15)29-19/h7-12,14H,5-6,13H2,1-4H3,(H,23,26)(H,24,27)/t14-/m1/s1. The number of anilines is 1. The van der Waals surface area contributed by atoms with E-state index in [2.05, 4.69) is 10.6 Å². The van der Waals surface area contributed by atoms with Crippen LogP contribution in [0, 0.1) is 0 Å². The van der Waals surface area contributed by atoms with E-state index >= 15 is 0 Å². The summed E-state index contributed by atoms with van der Waals surface area (Å²) >= 11 is 0. The molecule has 0 bridgehead atoms. The molecule has 0 saturated carbocycles. The van der Waals surface area contributed by atoms with Crippen LogP contribution >= 0.6 is 0 Å². The Morgan fingerprint density at radius 2 is 1.90 bits per heavy atom. The average molecular weight is 397 g/mol. The van der Waals surface area contributed by atoms with Gasteiger partial charge in [0.05, 0.1) is 25.4 Å². The van der Waals surface area contributed by atoms with Crippen molar-refractivity contribution in [2.45, 2.75) is 26.8 Å². The Hall–Kier alpha value is -3.06. The molecule has 0 saturated heterocycles. The van der Waals surface area contributed by atoms with Gasteiger partial charge in [0.1, 0.15) is 16.9 Å². The lowest BCUT2D eigenvalue weighted by molar-refractivity contribution is -0.125. The highest BCUT2D eigenvalue weighted by Gasteiger charge is 2.23. The van der Waals surface area contributed by atoms with E-state index in [1.54, 1.807) is 20.1 Å². The van der Waals surface area contributed by atoms with Gasteiger partial charge in [-0.25, -0.2) is 0 Å². The number of nitrogens with zero attached hydrogens (tertiary/aromatic N) is 1. The molecule has 7 heteroatoms. The van der Waals surface area contributed by atoms with Gasteiger partial charge in [0.2, 0.25) is 11.8 Å². The van der Waals surface area contributed by atoms with Gasteiger partial charge in [0.25, 0.3) is 0 Å². The summed E-state index contributed by atoms with van der Waals surface area (Å²) in [5.74, 6) is 0.233. The number of benzene rings is 2. The van der Waals surface area contributed by atoms with Crippen LogP contribution in [0.25, 0.3) is 21.9 Å². The predicted molar refractivity (Wildman–Crippen MR) is 114 cm³/mol. The van der Waals surface area contributed by atoms with Gasteiger partial charge >= 0.3 is 0 Å². The molecular weight excluding hydrogens is 370 g/mol. The Morgan fingerprint density at radius 1 is 1.14 bits per heavy atom. The Labute approximate surface area is 170 Å². The molecule has 2 N–H and O–H groups in total. The molecule has 2 aromatic carbocycles. The molecule has 0 unspecified atom stereocenters. The average Bonchev–Trinajstić information content (AvgIpc) is 3.08. The summed E-state index contributed by atoms with van der Waals surface area (Å²) in [6.07, 6.45) is 0. The number of furan rings is 1. The first-order chi connectivity index (χ1) is 14.0. The van der Waals surface area contributed by atoms with E-state index in [1.165, 1.54) is 0 Å². The van der Waals surface area contributed by atoms with Crippen LogP contribution in [0.1, 0.15) is 20.8 Å². The predicted octanol–water partition coefficient (Wildman–Crippen LogP) is 3.38. The number of methoxy groups -OCH3 is 1. The lowest BCUT2D eigenvalue weighted by Crippen LogP contribution is -2.46. The van der Waals surface area contributed by atoms with E-state index in [4.69, 9.17) is 9.15 Å². The van der Waals surface area contributed by atoms with Crippen molar-refractivity contribution in [3.63, 3.8) is 0 Å². The van der Waals surface area contributed by atoms with Crippen molar-refractivity contribution in [1.29, 1.82) is 0 Å². The van der Waals surface area contributed by atoms with Crippen LogP contribution in [-0.2, 0) is 9.59 Å². The molecule has 3 aromatic rings. The Kier molecular flexibility index (Phi) is 6.39. The van der Waals surface area contributed by atoms with Gasteiger partial charge in [-0.05, 0) is 32.5 Å². The van der Waals surface area contributed by atoms with E-state index in [0.29, 0.717) is 30.1 Å². The Bertz CT molecular complexity index is 1030. The maximum absolute atomic E-state index is 12.9. The number of para-hydroxylation sites is 1. The number of carbonyl (C=O) groups excluding carboxylic acids is 2. The topological polar surface area (TPSA) is 83.8 Å². The molecule has 0 aliphatic carbocycles. The lowest BCUT2D eigenvalue weighted by atomic mass is 10.1. The number of rotatable bonds is 8. The number of likely N-dealkylation sites (N-methyl/N-ethyl adjacent to an activating group) is 2. The monoisotopic (exact) mass is 397 g/mol. The molecule has 1 aromatic heterocycles. The highest BCUT2D eigenvalue weighted by atomic mass is 16.5. The molecule has 2 amide bonds. The highest BCUT2D eigenvalue weighted by molar-refractivity contribution is 6.08. The summed E-state index contributed by atoms with van der Waals surface area (Å²) in [6.45, 7) is 6.87. The van der Waals surface area contributed by atoms with E-state index < -0.39 is 6.04 Å². The van der Waals surface area contributed by atoms with Crippen molar-refractivity contribution in [1.82, 2.24) is 10.2 Å². The minimum atomic E-state index is -0.487. The Morgan fingerprint density at radius 3 is 2.59 bits per heavy atom. The molecule has 29 heavy (non-hydrogen) atoms. The number of amides is 2. The van der Waals surface area contributed by atoms with Gasteiger partial charge in [-0.2, -0.15) is 0 Å². The van der Waals surface area contributed by atoms with E-state index in [1.807, 2.05) is 49.1 Å². The molecule has 7 nitrogen and oxygen atoms in total. The maximum Gasteiger partial charge on any atom is 0.241 e. The third-order valence-electron chi connectivity index (χ3n) is 5.01. The van der Waals surface area contributed by atoms with Crippen LogP contribution in [0.3, 0.4) is 0 Å². The minimum absolute atomic E-state index is 0.102. The first kappa shape index (κ1) is 20.7. The quantitative estimate of drug-likeness (QED) is 0.609. The maximum atomic E-state index is 12.9. The fourth-order valence-electron chi connectivity index (χ4n) is 3.38. The Balaban J connectivity index is 1.85. The van der Waals surface area contributed by atoms with Gasteiger partial charge in [-0.3, -0.25) is 14.5 Å². The molecule has 1 atom stereocenters. The fourth-order valence-corrected chi connectivity index (χ4v) is 3.38. The molecule has 0 aliphatic rings. The molecule has 154 valence electrons. The SMILES string of the molecule is CCNC(=O)CN(CC)[C@H](C)C(=O)Nc1cc2oc3ccccc3c2cc1OC. The van der Waals surface area contributed by atoms with Gasteiger partial charge in [0, 0.05) is 23.4 Å². The van der Waals surface area contributed by atoms with Crippen LogP contribution in [0.15, 0.2) is 40.8 Å². The fraction of sp³-hybridized carbons (Fsp3) is 0.364. The lowest BCUT2D eigenvalue weighted by Gasteiger charge is -2.26. The number of carbonyl (C=O) groups is 2. The molecule has 0 radical (unpaired) electrons. The zero-order valence-corrected chi connectivity index (χ0v) is 17.2. The number of hydrogen-bond donors (Lipinski definition) is 2. The van der Waals surface area contributed by atoms with Crippen molar-refractivity contribution < 1.29 is 18.7 Å². The van der Waals surface area contributed by atoms with Crippen molar-refractivity contribution >= 4 is 39.4 Å². The summed E-state index contributed by atoms with van der Waals surface area (Å²) in [6, 6.07) is 10.9. The van der Waals surface area contributed by atoms with Gasteiger partial charge in [-0.1, -0.05) is 25.1 Å². The molecule has 1 heterocycles. The van der Waals surface area contributed by atoms with Crippen LogP contribution in [-0.4, -0.2) is 49.5 Å². The second-order valence-corrected chi connectivity index (χ2v) is 6.83. The first-order valence-electron chi connectivity index (χ1n) is 9.79. The summed E-state index contributed by atoms with van der Waals surface area (Å²) < 4.78 is 11.4. The van der Waals surface area contributed by atoms with Crippen molar-refractivity contribution in [2.75, 3.05) is 32.1 Å². The number of nitrogens with one attached hydrogen (secondary N) is 2. The van der Waals surface area contributed by atoms with Crippen LogP contribution in [0.2, 0.25) is 0 Å². The first-order valence-corrected chi connectivity index (χ1v) is 9.79. The van der Waals surface area contributed by atoms with Crippen molar-refractivity contribution in [3.8, 4) is 5.75 Å².